The number of aliphatic hydroxyl groups is 1. The molecule has 0 spiro atoms. The number of nitrogens with one attached hydrogen (secondary N) is 1. The van der Waals surface area contributed by atoms with Crippen molar-refractivity contribution in [1.82, 2.24) is 10.2 Å². The van der Waals surface area contributed by atoms with Gasteiger partial charge in [-0.3, -0.25) is 24.2 Å². The summed E-state index contributed by atoms with van der Waals surface area (Å²) in [6.45, 7) is 2.13. The number of guanidine groups is 1. The van der Waals surface area contributed by atoms with E-state index in [2.05, 4.69) is 26.2 Å². The second kappa shape index (κ2) is 15.3. The summed E-state index contributed by atoms with van der Waals surface area (Å²) in [6.07, 6.45) is 5.15. The van der Waals surface area contributed by atoms with Crippen molar-refractivity contribution < 1.29 is 24.3 Å². The zero-order chi connectivity index (χ0) is 29.2. The zero-order valence-electron chi connectivity index (χ0n) is 23.2. The van der Waals surface area contributed by atoms with Gasteiger partial charge in [0, 0.05) is 48.3 Å². The smallest absolute Gasteiger partial charge is 0.251 e. The Hall–Kier alpha value is -2.79. The molecule has 40 heavy (non-hydrogen) atoms. The number of nitrogens with zero attached hydrogens (tertiary/aromatic N) is 2. The fourth-order valence-corrected chi connectivity index (χ4v) is 6.07. The summed E-state index contributed by atoms with van der Waals surface area (Å²) in [5, 5.41) is 13.5. The number of amides is 2. The summed E-state index contributed by atoms with van der Waals surface area (Å²) in [6, 6.07) is 5.26. The van der Waals surface area contributed by atoms with Crippen LogP contribution in [0.5, 0.6) is 0 Å². The van der Waals surface area contributed by atoms with E-state index in [1.54, 1.807) is 31.2 Å². The summed E-state index contributed by atoms with van der Waals surface area (Å²) >= 11 is 3.37. The van der Waals surface area contributed by atoms with E-state index in [1.165, 1.54) is 4.90 Å². The number of likely N-dealkylation sites (tertiary alicyclic amines) is 1. The lowest BCUT2D eigenvalue weighted by atomic mass is 9.83. The van der Waals surface area contributed by atoms with Crippen molar-refractivity contribution in [3.05, 3.63) is 34.3 Å². The second-order valence-electron chi connectivity index (χ2n) is 10.9. The number of nitrogens with two attached hydrogens (primary N) is 2. The van der Waals surface area contributed by atoms with E-state index < -0.39 is 24.1 Å². The minimum Gasteiger partial charge on any atom is -0.391 e. The van der Waals surface area contributed by atoms with Crippen LogP contribution in [0.25, 0.3) is 0 Å². The Morgan fingerprint density at radius 3 is 2.42 bits per heavy atom. The molecule has 0 radical (unpaired) electrons. The third-order valence-electron chi connectivity index (χ3n) is 7.97. The van der Waals surface area contributed by atoms with Crippen LogP contribution in [0.2, 0.25) is 0 Å². The lowest BCUT2D eigenvalue weighted by Crippen LogP contribution is -2.55. The Bertz CT molecular complexity index is 1070. The average Bonchev–Trinajstić information content (AvgIpc) is 3.34. The van der Waals surface area contributed by atoms with Gasteiger partial charge in [-0.15, -0.1) is 0 Å². The fourth-order valence-electron chi connectivity index (χ4n) is 5.81. The van der Waals surface area contributed by atoms with Crippen LogP contribution in [0.15, 0.2) is 33.7 Å². The molecule has 1 saturated heterocycles. The zero-order valence-corrected chi connectivity index (χ0v) is 24.8. The SMILES string of the molecule is CCC(=O)[C@H](CCCN=C(N)N)CC(=O)[C@@H]1C[C@@H](O)CN1C(=O)[C@@H](NC(=O)c1ccc(Br)cc1)C1CCCCC1. The van der Waals surface area contributed by atoms with Crippen LogP contribution < -0.4 is 16.8 Å². The third kappa shape index (κ3) is 8.86. The van der Waals surface area contributed by atoms with E-state index in [9.17, 15) is 24.3 Å². The lowest BCUT2D eigenvalue weighted by Gasteiger charge is -2.34. The van der Waals surface area contributed by atoms with Crippen LogP contribution in [0.4, 0.5) is 0 Å². The number of halogens is 1. The van der Waals surface area contributed by atoms with Crippen molar-refractivity contribution in [2.75, 3.05) is 13.1 Å². The maximum absolute atomic E-state index is 14.0. The molecular weight excluding hydrogens is 578 g/mol. The van der Waals surface area contributed by atoms with E-state index in [-0.39, 0.29) is 54.6 Å². The highest BCUT2D eigenvalue weighted by atomic mass is 79.9. The highest BCUT2D eigenvalue weighted by Crippen LogP contribution is 2.31. The molecule has 2 amide bonds. The lowest BCUT2D eigenvalue weighted by molar-refractivity contribution is -0.141. The first-order valence-corrected chi connectivity index (χ1v) is 15.1. The number of rotatable bonds is 13. The predicted molar refractivity (Wildman–Crippen MR) is 156 cm³/mol. The number of aliphatic imine (C=N–C) groups is 1. The van der Waals surface area contributed by atoms with Gasteiger partial charge in [0.1, 0.15) is 11.8 Å². The first-order valence-electron chi connectivity index (χ1n) is 14.3. The summed E-state index contributed by atoms with van der Waals surface area (Å²) in [4.78, 5) is 58.7. The highest BCUT2D eigenvalue weighted by Gasteiger charge is 2.44. The maximum atomic E-state index is 14.0. The Morgan fingerprint density at radius 1 is 1.12 bits per heavy atom. The number of ketones is 2. The van der Waals surface area contributed by atoms with E-state index in [0.29, 0.717) is 31.4 Å². The third-order valence-corrected chi connectivity index (χ3v) is 8.50. The number of benzene rings is 1. The number of hydrogen-bond acceptors (Lipinski definition) is 6. The van der Waals surface area contributed by atoms with Gasteiger partial charge >= 0.3 is 0 Å². The first-order chi connectivity index (χ1) is 19.1. The van der Waals surface area contributed by atoms with Crippen LogP contribution in [-0.4, -0.2) is 70.6 Å². The van der Waals surface area contributed by atoms with Crippen LogP contribution in [-0.2, 0) is 14.4 Å². The van der Waals surface area contributed by atoms with Gasteiger partial charge in [0.15, 0.2) is 11.7 Å². The van der Waals surface area contributed by atoms with Crippen LogP contribution in [0.3, 0.4) is 0 Å². The maximum Gasteiger partial charge on any atom is 0.251 e. The molecule has 1 heterocycles. The molecule has 0 bridgehead atoms. The molecule has 1 aliphatic carbocycles. The number of hydrogen-bond donors (Lipinski definition) is 4. The van der Waals surface area contributed by atoms with Gasteiger partial charge < -0.3 is 26.8 Å². The van der Waals surface area contributed by atoms with Gasteiger partial charge in [0.2, 0.25) is 5.91 Å². The van der Waals surface area contributed by atoms with Gasteiger partial charge in [-0.05, 0) is 55.9 Å². The summed E-state index contributed by atoms with van der Waals surface area (Å²) < 4.78 is 0.840. The van der Waals surface area contributed by atoms with Gasteiger partial charge in [-0.1, -0.05) is 42.1 Å². The molecule has 2 aliphatic rings. The van der Waals surface area contributed by atoms with Crippen molar-refractivity contribution in [1.29, 1.82) is 0 Å². The standard InChI is InChI=1S/C29H42BrN5O5/c1-2-24(37)20(9-6-14-33-29(31)32)15-25(38)23-16-22(36)17-35(23)28(40)26(18-7-4-3-5-8-18)34-27(39)19-10-12-21(30)13-11-19/h10-13,18,20,22-23,26,36H,2-9,14-17H2,1H3,(H,34,39)(H4,31,32,33)/t20-,22-,23+,26+/m1/s1. The first kappa shape index (κ1) is 31.7. The molecule has 1 aromatic rings. The largest absolute Gasteiger partial charge is 0.391 e. The summed E-state index contributed by atoms with van der Waals surface area (Å²) in [5.74, 6) is -1.57. The monoisotopic (exact) mass is 619 g/mol. The number of Topliss-reactive ketones (excluding diaryl/α,β-unsaturated/α-hetero) is 2. The number of aliphatic hydroxyl groups excluding tert-OH is 1. The Kier molecular flexibility index (Phi) is 12.1. The van der Waals surface area contributed by atoms with Crippen molar-refractivity contribution in [3.63, 3.8) is 0 Å². The molecule has 11 heteroatoms. The highest BCUT2D eigenvalue weighted by molar-refractivity contribution is 9.10. The van der Waals surface area contributed by atoms with Gasteiger partial charge in [-0.2, -0.15) is 0 Å². The summed E-state index contributed by atoms with van der Waals surface area (Å²) in [5.41, 5.74) is 11.2. The normalized spacial score (nSPS) is 20.9. The Morgan fingerprint density at radius 2 is 1.80 bits per heavy atom. The van der Waals surface area contributed by atoms with Crippen molar-refractivity contribution in [3.8, 4) is 0 Å². The van der Waals surface area contributed by atoms with Crippen LogP contribution in [0.1, 0.15) is 81.5 Å². The van der Waals surface area contributed by atoms with Crippen molar-refractivity contribution >= 4 is 45.3 Å². The van der Waals surface area contributed by atoms with Crippen LogP contribution >= 0.6 is 15.9 Å². The number of carbonyl (C=O) groups excluding carboxylic acids is 4. The van der Waals surface area contributed by atoms with Crippen molar-refractivity contribution in [2.24, 2.45) is 28.3 Å². The minimum atomic E-state index is -0.853. The average molecular weight is 621 g/mol. The molecule has 10 nitrogen and oxygen atoms in total. The second-order valence-corrected chi connectivity index (χ2v) is 11.8. The minimum absolute atomic E-state index is 0.0174. The van der Waals surface area contributed by atoms with E-state index in [4.69, 9.17) is 11.5 Å². The molecule has 1 aliphatic heterocycles. The van der Waals surface area contributed by atoms with E-state index in [1.807, 2.05) is 0 Å². The molecule has 6 N–H and O–H groups in total. The van der Waals surface area contributed by atoms with Gasteiger partial charge in [0.05, 0.1) is 12.1 Å². The molecule has 1 saturated carbocycles. The van der Waals surface area contributed by atoms with E-state index >= 15 is 0 Å². The fraction of sp³-hybridized carbons (Fsp3) is 0.621. The molecular formula is C29H42BrN5O5. The van der Waals surface area contributed by atoms with Crippen molar-refractivity contribution in [2.45, 2.75) is 89.3 Å². The Labute approximate surface area is 244 Å². The molecule has 0 aromatic heterocycles. The van der Waals surface area contributed by atoms with Gasteiger partial charge in [-0.25, -0.2) is 0 Å². The quantitative estimate of drug-likeness (QED) is 0.149. The number of β-amino-alcohol motifs (C(OH)–C–C–N with tert-alkyl or cyclic N) is 1. The topological polar surface area (TPSA) is 168 Å². The predicted octanol–water partition coefficient (Wildman–Crippen LogP) is 2.70. The summed E-state index contributed by atoms with van der Waals surface area (Å²) in [7, 11) is 0. The molecule has 220 valence electrons. The molecule has 1 aromatic carbocycles. The van der Waals surface area contributed by atoms with Crippen LogP contribution in [0, 0.1) is 11.8 Å². The molecule has 4 atom stereocenters. The van der Waals surface area contributed by atoms with Gasteiger partial charge in [0.25, 0.3) is 5.91 Å². The number of carbonyl (C=O) groups is 4. The van der Waals surface area contributed by atoms with E-state index in [0.717, 1.165) is 36.6 Å². The Balaban J connectivity index is 1.77. The molecule has 2 fully saturated rings. The molecule has 3 rings (SSSR count). The molecule has 0 unspecified atom stereocenters.